The third-order valence-electron chi connectivity index (χ3n) is 3.70. The number of carbonyl (C=O) groups is 2. The Morgan fingerprint density at radius 2 is 2.09 bits per heavy atom. The first-order valence-electron chi connectivity index (χ1n) is 7.33. The van der Waals surface area contributed by atoms with E-state index >= 15 is 0 Å². The number of ether oxygens (including phenoxy) is 1. The van der Waals surface area contributed by atoms with Crippen LogP contribution in [0.1, 0.15) is 15.9 Å². The van der Waals surface area contributed by atoms with Crippen LogP contribution in [-0.4, -0.2) is 57.5 Å². The second kappa shape index (κ2) is 6.62. The molecule has 1 N–H and O–H groups in total. The maximum atomic E-state index is 12.5. The summed E-state index contributed by atoms with van der Waals surface area (Å²) in [5, 5.41) is 13.2. The number of hydrogen-bond acceptors (Lipinski definition) is 4. The number of carbonyl (C=O) groups excluding carboxylic acids is 1. The lowest BCUT2D eigenvalue weighted by Crippen LogP contribution is -2.48. The van der Waals surface area contributed by atoms with E-state index in [9.17, 15) is 9.59 Å². The molecule has 2 heterocycles. The monoisotopic (exact) mass is 315 g/mol. The van der Waals surface area contributed by atoms with Crippen LogP contribution in [0.25, 0.3) is 0 Å². The standard InChI is InChI=1S/C16H17N3O4/c20-15(18-6-7-23-14(11-18)16(21)22)13-8-17-19(10-13)9-12-4-2-1-3-5-12/h1-5,8,10,14H,6-7,9,11H2,(H,21,22)/t14-/m1/s1. The lowest BCUT2D eigenvalue weighted by Gasteiger charge is -2.30. The van der Waals surface area contributed by atoms with Crippen molar-refractivity contribution in [3.05, 3.63) is 53.9 Å². The SMILES string of the molecule is O=C(O)[C@H]1CN(C(=O)c2cnn(Cc3ccccc3)c2)CCO1. The van der Waals surface area contributed by atoms with E-state index in [1.807, 2.05) is 30.3 Å². The third kappa shape index (κ3) is 3.57. The van der Waals surface area contributed by atoms with Crippen molar-refractivity contribution in [2.24, 2.45) is 0 Å². The zero-order valence-electron chi connectivity index (χ0n) is 12.5. The van der Waals surface area contributed by atoms with Gasteiger partial charge in [-0.3, -0.25) is 9.48 Å². The van der Waals surface area contributed by atoms with E-state index in [1.165, 1.54) is 11.1 Å². The van der Waals surface area contributed by atoms with Gasteiger partial charge in [-0.25, -0.2) is 4.79 Å². The molecule has 1 aliphatic heterocycles. The van der Waals surface area contributed by atoms with Gasteiger partial charge in [0.05, 0.1) is 31.5 Å². The van der Waals surface area contributed by atoms with Crippen molar-refractivity contribution in [2.45, 2.75) is 12.6 Å². The van der Waals surface area contributed by atoms with E-state index in [4.69, 9.17) is 9.84 Å². The quantitative estimate of drug-likeness (QED) is 0.904. The average Bonchev–Trinajstić information content (AvgIpc) is 3.03. The summed E-state index contributed by atoms with van der Waals surface area (Å²) in [6.07, 6.45) is 2.23. The van der Waals surface area contributed by atoms with E-state index in [2.05, 4.69) is 5.10 Å². The van der Waals surface area contributed by atoms with Gasteiger partial charge >= 0.3 is 5.97 Å². The molecule has 3 rings (SSSR count). The summed E-state index contributed by atoms with van der Waals surface area (Å²) >= 11 is 0. The molecule has 1 atom stereocenters. The van der Waals surface area contributed by atoms with Crippen LogP contribution in [0.5, 0.6) is 0 Å². The molecule has 7 nitrogen and oxygen atoms in total. The summed E-state index contributed by atoms with van der Waals surface area (Å²) in [5.74, 6) is -1.28. The van der Waals surface area contributed by atoms with E-state index < -0.39 is 12.1 Å². The zero-order chi connectivity index (χ0) is 16.2. The predicted octanol–water partition coefficient (Wildman–Crippen LogP) is 0.857. The minimum absolute atomic E-state index is 0.0536. The lowest BCUT2D eigenvalue weighted by atomic mass is 10.2. The van der Waals surface area contributed by atoms with Crippen LogP contribution in [-0.2, 0) is 16.1 Å². The number of hydrogen-bond donors (Lipinski definition) is 1. The number of morpholine rings is 1. The largest absolute Gasteiger partial charge is 0.479 e. The highest BCUT2D eigenvalue weighted by Crippen LogP contribution is 2.11. The molecule has 1 aromatic heterocycles. The van der Waals surface area contributed by atoms with Gasteiger partial charge in [0.2, 0.25) is 0 Å². The Bertz CT molecular complexity index is 698. The Morgan fingerprint density at radius 3 is 2.83 bits per heavy atom. The van der Waals surface area contributed by atoms with E-state index in [-0.39, 0.29) is 19.1 Å². The molecule has 7 heteroatoms. The van der Waals surface area contributed by atoms with Crippen molar-refractivity contribution in [3.63, 3.8) is 0 Å². The molecule has 1 fully saturated rings. The molecule has 1 amide bonds. The number of aromatic nitrogens is 2. The maximum Gasteiger partial charge on any atom is 0.334 e. The third-order valence-corrected chi connectivity index (χ3v) is 3.70. The van der Waals surface area contributed by atoms with E-state index in [1.54, 1.807) is 10.9 Å². The fraction of sp³-hybridized carbons (Fsp3) is 0.312. The van der Waals surface area contributed by atoms with Gasteiger partial charge in [-0.1, -0.05) is 30.3 Å². The topological polar surface area (TPSA) is 84.7 Å². The van der Waals surface area contributed by atoms with Crippen molar-refractivity contribution in [1.82, 2.24) is 14.7 Å². The smallest absolute Gasteiger partial charge is 0.334 e. The minimum atomic E-state index is -1.05. The molecule has 0 saturated carbocycles. The first-order valence-corrected chi connectivity index (χ1v) is 7.33. The van der Waals surface area contributed by atoms with Crippen LogP contribution >= 0.6 is 0 Å². The molecule has 1 aliphatic rings. The van der Waals surface area contributed by atoms with Gasteiger partial charge in [-0.15, -0.1) is 0 Å². The molecule has 23 heavy (non-hydrogen) atoms. The first kappa shape index (κ1) is 15.2. The summed E-state index contributed by atoms with van der Waals surface area (Å²) in [4.78, 5) is 24.9. The normalized spacial score (nSPS) is 17.9. The van der Waals surface area contributed by atoms with Crippen molar-refractivity contribution < 1.29 is 19.4 Å². The Labute approximate surface area is 133 Å². The number of carboxylic acids is 1. The van der Waals surface area contributed by atoms with Crippen LogP contribution in [0.2, 0.25) is 0 Å². The number of carboxylic acid groups (broad SMARTS) is 1. The van der Waals surface area contributed by atoms with Crippen molar-refractivity contribution in [3.8, 4) is 0 Å². The summed E-state index contributed by atoms with van der Waals surface area (Å²) in [5.41, 5.74) is 1.54. The molecule has 0 radical (unpaired) electrons. The number of aliphatic carboxylic acids is 1. The van der Waals surface area contributed by atoms with Crippen LogP contribution in [0, 0.1) is 0 Å². The summed E-state index contributed by atoms with van der Waals surface area (Å²) in [7, 11) is 0. The molecular weight excluding hydrogens is 298 g/mol. The van der Waals surface area contributed by atoms with Gasteiger partial charge in [-0.2, -0.15) is 5.10 Å². The number of benzene rings is 1. The molecule has 1 aromatic carbocycles. The number of rotatable bonds is 4. The molecule has 120 valence electrons. The van der Waals surface area contributed by atoms with Crippen molar-refractivity contribution >= 4 is 11.9 Å². The van der Waals surface area contributed by atoms with Crippen LogP contribution in [0.3, 0.4) is 0 Å². The molecule has 0 spiro atoms. The average molecular weight is 315 g/mol. The van der Waals surface area contributed by atoms with Crippen molar-refractivity contribution in [2.75, 3.05) is 19.7 Å². The Morgan fingerprint density at radius 1 is 1.30 bits per heavy atom. The van der Waals surface area contributed by atoms with Crippen LogP contribution < -0.4 is 0 Å². The second-order valence-electron chi connectivity index (χ2n) is 5.36. The molecular formula is C16H17N3O4. The highest BCUT2D eigenvalue weighted by molar-refractivity contribution is 5.94. The van der Waals surface area contributed by atoms with E-state index in [0.717, 1.165) is 5.56 Å². The molecule has 0 aliphatic carbocycles. The van der Waals surface area contributed by atoms with Gasteiger partial charge < -0.3 is 14.7 Å². The number of amides is 1. The minimum Gasteiger partial charge on any atom is -0.479 e. The maximum absolute atomic E-state index is 12.5. The summed E-state index contributed by atoms with van der Waals surface area (Å²) in [6, 6.07) is 9.82. The fourth-order valence-electron chi connectivity index (χ4n) is 2.50. The predicted molar refractivity (Wildman–Crippen MR) is 81.1 cm³/mol. The Balaban J connectivity index is 1.67. The molecule has 0 bridgehead atoms. The van der Waals surface area contributed by atoms with Gasteiger partial charge in [0.15, 0.2) is 6.10 Å². The van der Waals surface area contributed by atoms with Gasteiger partial charge in [0.25, 0.3) is 5.91 Å². The number of nitrogens with zero attached hydrogens (tertiary/aromatic N) is 3. The molecule has 1 saturated heterocycles. The van der Waals surface area contributed by atoms with Gasteiger partial charge in [0, 0.05) is 12.7 Å². The Hall–Kier alpha value is -2.67. The van der Waals surface area contributed by atoms with Gasteiger partial charge in [-0.05, 0) is 5.56 Å². The van der Waals surface area contributed by atoms with Crippen LogP contribution in [0.15, 0.2) is 42.7 Å². The second-order valence-corrected chi connectivity index (χ2v) is 5.36. The molecule has 0 unspecified atom stereocenters. The molecule has 2 aromatic rings. The summed E-state index contributed by atoms with van der Waals surface area (Å²) < 4.78 is 6.82. The van der Waals surface area contributed by atoms with Crippen molar-refractivity contribution in [1.29, 1.82) is 0 Å². The highest BCUT2D eigenvalue weighted by atomic mass is 16.5. The Kier molecular flexibility index (Phi) is 4.38. The lowest BCUT2D eigenvalue weighted by molar-refractivity contribution is -0.154. The fourth-order valence-corrected chi connectivity index (χ4v) is 2.50. The highest BCUT2D eigenvalue weighted by Gasteiger charge is 2.29. The zero-order valence-corrected chi connectivity index (χ0v) is 12.5. The van der Waals surface area contributed by atoms with E-state index in [0.29, 0.717) is 18.7 Å². The van der Waals surface area contributed by atoms with Gasteiger partial charge in [0.1, 0.15) is 0 Å². The summed E-state index contributed by atoms with van der Waals surface area (Å²) in [6.45, 7) is 1.24. The van der Waals surface area contributed by atoms with Crippen LogP contribution in [0.4, 0.5) is 0 Å². The first-order chi connectivity index (χ1) is 11.1.